The number of carbonyl (C=O) groups is 2. The van der Waals surface area contributed by atoms with Crippen LogP contribution in [0.3, 0.4) is 0 Å². The molecule has 0 aliphatic carbocycles. The number of nitrogens with one attached hydrogen (secondary N) is 1. The van der Waals surface area contributed by atoms with Crippen molar-refractivity contribution in [1.29, 1.82) is 0 Å². The summed E-state index contributed by atoms with van der Waals surface area (Å²) in [7, 11) is 1.37. The van der Waals surface area contributed by atoms with Gasteiger partial charge >= 0.3 is 5.97 Å². The molecule has 0 radical (unpaired) electrons. The van der Waals surface area contributed by atoms with Crippen LogP contribution in [-0.4, -0.2) is 35.8 Å². The van der Waals surface area contributed by atoms with E-state index in [1.165, 1.54) is 13.2 Å². The van der Waals surface area contributed by atoms with Gasteiger partial charge in [0, 0.05) is 0 Å². The van der Waals surface area contributed by atoms with Crippen molar-refractivity contribution in [2.24, 2.45) is 0 Å². The van der Waals surface area contributed by atoms with Crippen LogP contribution in [0.25, 0.3) is 0 Å². The average molecular weight is 200 g/mol. The zero-order valence-electron chi connectivity index (χ0n) is 7.31. The number of methoxy groups -OCH3 is 1. The van der Waals surface area contributed by atoms with Gasteiger partial charge < -0.3 is 19.7 Å². The molecule has 7 heteroatoms. The molecule has 0 aromatic carbocycles. The maximum atomic E-state index is 11.1. The van der Waals surface area contributed by atoms with E-state index in [9.17, 15) is 9.59 Å². The average Bonchev–Trinajstić information content (AvgIpc) is 2.62. The summed E-state index contributed by atoms with van der Waals surface area (Å²) in [6.45, 7) is -0.470. The van der Waals surface area contributed by atoms with Gasteiger partial charge in [-0.1, -0.05) is 0 Å². The number of aromatic nitrogens is 1. The predicted octanol–water partition coefficient (Wildman–Crippen LogP) is -0.502. The van der Waals surface area contributed by atoms with Gasteiger partial charge in [0.15, 0.2) is 0 Å². The predicted molar refractivity (Wildman–Crippen MR) is 43.0 cm³/mol. The fourth-order valence-corrected chi connectivity index (χ4v) is 0.705. The van der Waals surface area contributed by atoms with Gasteiger partial charge in [-0.2, -0.15) is 0 Å². The number of amides is 1. The number of carboxylic acid groups (broad SMARTS) is 1. The van der Waals surface area contributed by atoms with E-state index in [1.54, 1.807) is 0 Å². The molecule has 0 spiro atoms. The molecule has 2 N–H and O–H groups in total. The number of carboxylic acids is 1. The molecule has 1 aromatic rings. The highest BCUT2D eigenvalue weighted by atomic mass is 16.5. The summed E-state index contributed by atoms with van der Waals surface area (Å²) >= 11 is 0. The van der Waals surface area contributed by atoms with E-state index in [-0.39, 0.29) is 11.6 Å². The van der Waals surface area contributed by atoms with Crippen LogP contribution < -0.4 is 10.1 Å². The van der Waals surface area contributed by atoms with Crippen molar-refractivity contribution in [3.8, 4) is 5.88 Å². The SMILES string of the molecule is COc1cc(C(=O)NCC(=O)O)on1. The highest BCUT2D eigenvalue weighted by Gasteiger charge is 2.13. The van der Waals surface area contributed by atoms with Gasteiger partial charge in [0.2, 0.25) is 5.76 Å². The van der Waals surface area contributed by atoms with Crippen molar-refractivity contribution in [2.45, 2.75) is 0 Å². The first-order valence-electron chi connectivity index (χ1n) is 3.64. The molecule has 14 heavy (non-hydrogen) atoms. The Bertz CT molecular complexity index is 346. The van der Waals surface area contributed by atoms with Gasteiger partial charge in [-0.05, 0) is 5.16 Å². The molecule has 0 atom stereocenters. The van der Waals surface area contributed by atoms with Crippen LogP contribution in [0.15, 0.2) is 10.6 Å². The third-order valence-electron chi connectivity index (χ3n) is 1.32. The molecule has 1 aromatic heterocycles. The zero-order chi connectivity index (χ0) is 10.6. The van der Waals surface area contributed by atoms with Crippen molar-refractivity contribution in [3.63, 3.8) is 0 Å². The number of hydrogen-bond acceptors (Lipinski definition) is 5. The Morgan fingerprint density at radius 1 is 1.71 bits per heavy atom. The first-order valence-corrected chi connectivity index (χ1v) is 3.64. The smallest absolute Gasteiger partial charge is 0.322 e. The van der Waals surface area contributed by atoms with Crippen molar-refractivity contribution in [1.82, 2.24) is 10.5 Å². The minimum Gasteiger partial charge on any atom is -0.480 e. The summed E-state index contributed by atoms with van der Waals surface area (Å²) in [6.07, 6.45) is 0. The first-order chi connectivity index (χ1) is 6.63. The number of ether oxygens (including phenoxy) is 1. The van der Waals surface area contributed by atoms with Crippen LogP contribution in [0.4, 0.5) is 0 Å². The van der Waals surface area contributed by atoms with E-state index in [4.69, 9.17) is 5.11 Å². The number of nitrogens with zero attached hydrogens (tertiary/aromatic N) is 1. The molecule has 0 saturated heterocycles. The van der Waals surface area contributed by atoms with E-state index >= 15 is 0 Å². The minimum absolute atomic E-state index is 0.0944. The number of aliphatic carboxylic acids is 1. The molecule has 1 heterocycles. The zero-order valence-corrected chi connectivity index (χ0v) is 7.31. The van der Waals surface area contributed by atoms with Crippen LogP contribution in [0.1, 0.15) is 10.6 Å². The highest BCUT2D eigenvalue weighted by Crippen LogP contribution is 2.09. The molecular weight excluding hydrogens is 192 g/mol. The van der Waals surface area contributed by atoms with Crippen molar-refractivity contribution in [2.75, 3.05) is 13.7 Å². The lowest BCUT2D eigenvalue weighted by Crippen LogP contribution is -2.28. The Hall–Kier alpha value is -2.05. The second-order valence-corrected chi connectivity index (χ2v) is 2.31. The second-order valence-electron chi connectivity index (χ2n) is 2.31. The van der Waals surface area contributed by atoms with E-state index in [1.807, 2.05) is 0 Å². The van der Waals surface area contributed by atoms with E-state index in [0.717, 1.165) is 0 Å². The minimum atomic E-state index is -1.13. The summed E-state index contributed by atoms with van der Waals surface area (Å²) in [5.74, 6) is -1.72. The molecule has 1 rings (SSSR count). The van der Waals surface area contributed by atoms with E-state index < -0.39 is 18.4 Å². The summed E-state index contributed by atoms with van der Waals surface area (Å²) < 4.78 is 9.24. The quantitative estimate of drug-likeness (QED) is 0.679. The summed E-state index contributed by atoms with van der Waals surface area (Å²) in [4.78, 5) is 21.2. The van der Waals surface area contributed by atoms with Crippen LogP contribution in [-0.2, 0) is 4.79 Å². The topological polar surface area (TPSA) is 102 Å². The van der Waals surface area contributed by atoms with Gasteiger partial charge in [-0.15, -0.1) is 0 Å². The number of hydrogen-bond donors (Lipinski definition) is 2. The Balaban J connectivity index is 2.56. The fourth-order valence-electron chi connectivity index (χ4n) is 0.705. The van der Waals surface area contributed by atoms with E-state index in [2.05, 4.69) is 19.7 Å². The third-order valence-corrected chi connectivity index (χ3v) is 1.32. The first kappa shape index (κ1) is 10.0. The highest BCUT2D eigenvalue weighted by molar-refractivity contribution is 5.93. The Labute approximate surface area is 78.6 Å². The molecule has 0 unspecified atom stereocenters. The molecule has 76 valence electrons. The van der Waals surface area contributed by atoms with Crippen molar-refractivity contribution >= 4 is 11.9 Å². The Morgan fingerprint density at radius 2 is 2.43 bits per heavy atom. The van der Waals surface area contributed by atoms with Crippen LogP contribution >= 0.6 is 0 Å². The summed E-state index contributed by atoms with van der Waals surface area (Å²) in [5.41, 5.74) is 0. The number of carbonyl (C=O) groups excluding carboxylic acids is 1. The molecular formula is C7H8N2O5. The maximum Gasteiger partial charge on any atom is 0.322 e. The van der Waals surface area contributed by atoms with Crippen LogP contribution in [0, 0.1) is 0 Å². The molecule has 0 aliphatic heterocycles. The van der Waals surface area contributed by atoms with Gasteiger partial charge in [-0.25, -0.2) is 0 Å². The Kier molecular flexibility index (Phi) is 3.05. The summed E-state index contributed by atoms with van der Waals surface area (Å²) in [5, 5.41) is 13.8. The van der Waals surface area contributed by atoms with Crippen LogP contribution in [0.2, 0.25) is 0 Å². The lowest BCUT2D eigenvalue weighted by molar-refractivity contribution is -0.135. The van der Waals surface area contributed by atoms with Gasteiger partial charge in [0.25, 0.3) is 11.8 Å². The normalized spacial score (nSPS) is 9.50. The lowest BCUT2D eigenvalue weighted by atomic mass is 10.4. The number of rotatable bonds is 4. The van der Waals surface area contributed by atoms with Crippen molar-refractivity contribution < 1.29 is 24.0 Å². The third kappa shape index (κ3) is 2.47. The lowest BCUT2D eigenvalue weighted by Gasteiger charge is -1.95. The van der Waals surface area contributed by atoms with Gasteiger partial charge in [0.1, 0.15) is 6.54 Å². The standard InChI is InChI=1S/C7H8N2O5/c1-13-5-2-4(14-9-5)7(12)8-3-6(10)11/h2H,3H2,1H3,(H,8,12)(H,10,11). The maximum absolute atomic E-state index is 11.1. The van der Waals surface area contributed by atoms with Gasteiger partial charge in [0.05, 0.1) is 13.2 Å². The molecule has 1 amide bonds. The molecule has 0 saturated carbocycles. The Morgan fingerprint density at radius 3 is 2.93 bits per heavy atom. The largest absolute Gasteiger partial charge is 0.480 e. The molecule has 7 nitrogen and oxygen atoms in total. The molecule has 0 fully saturated rings. The molecule has 0 bridgehead atoms. The molecule has 0 aliphatic rings. The van der Waals surface area contributed by atoms with E-state index in [0.29, 0.717) is 0 Å². The second kappa shape index (κ2) is 4.26. The monoisotopic (exact) mass is 200 g/mol. The summed E-state index contributed by atoms with van der Waals surface area (Å²) in [6, 6.07) is 1.26. The fraction of sp³-hybridized carbons (Fsp3) is 0.286. The van der Waals surface area contributed by atoms with Crippen LogP contribution in [0.5, 0.6) is 5.88 Å². The van der Waals surface area contributed by atoms with Gasteiger partial charge in [-0.3, -0.25) is 9.59 Å². The van der Waals surface area contributed by atoms with Crippen molar-refractivity contribution in [3.05, 3.63) is 11.8 Å².